The standard InChI is InChI=1S/C21H32N2O3/c1-17-5-6-18(19(13-17)26-3)14-22-10-4-8-21(15-22)9-7-20(24)23(16-21)11-12-25-2/h5-6,13H,4,7-12,14-16H2,1-3H3/t21-/m1/s1. The topological polar surface area (TPSA) is 42.0 Å². The van der Waals surface area contributed by atoms with Crippen molar-refractivity contribution in [3.63, 3.8) is 0 Å². The van der Waals surface area contributed by atoms with Gasteiger partial charge in [0, 0.05) is 50.7 Å². The maximum absolute atomic E-state index is 12.3. The van der Waals surface area contributed by atoms with Crippen molar-refractivity contribution in [3.05, 3.63) is 29.3 Å². The molecule has 2 fully saturated rings. The van der Waals surface area contributed by atoms with Crippen LogP contribution in [0.25, 0.3) is 0 Å². The fraction of sp³-hybridized carbons (Fsp3) is 0.667. The summed E-state index contributed by atoms with van der Waals surface area (Å²) >= 11 is 0. The molecule has 5 nitrogen and oxygen atoms in total. The normalized spacial score (nSPS) is 24.3. The van der Waals surface area contributed by atoms with E-state index in [1.165, 1.54) is 24.0 Å². The summed E-state index contributed by atoms with van der Waals surface area (Å²) in [5.41, 5.74) is 2.70. The highest BCUT2D eigenvalue weighted by molar-refractivity contribution is 5.77. The van der Waals surface area contributed by atoms with Crippen LogP contribution in [0.3, 0.4) is 0 Å². The zero-order valence-electron chi connectivity index (χ0n) is 16.4. The van der Waals surface area contributed by atoms with Crippen LogP contribution < -0.4 is 4.74 Å². The van der Waals surface area contributed by atoms with Gasteiger partial charge in [-0.15, -0.1) is 0 Å². The highest BCUT2D eigenvalue weighted by Crippen LogP contribution is 2.39. The van der Waals surface area contributed by atoms with Crippen LogP contribution in [0.15, 0.2) is 18.2 Å². The number of piperidine rings is 2. The molecule has 2 heterocycles. The summed E-state index contributed by atoms with van der Waals surface area (Å²) in [7, 11) is 3.44. The van der Waals surface area contributed by atoms with Gasteiger partial charge in [-0.3, -0.25) is 9.69 Å². The first-order valence-corrected chi connectivity index (χ1v) is 9.68. The number of methoxy groups -OCH3 is 2. The lowest BCUT2D eigenvalue weighted by Crippen LogP contribution is -2.54. The molecule has 0 aliphatic carbocycles. The fourth-order valence-corrected chi connectivity index (χ4v) is 4.51. The van der Waals surface area contributed by atoms with Gasteiger partial charge >= 0.3 is 0 Å². The first-order chi connectivity index (χ1) is 12.5. The van der Waals surface area contributed by atoms with Gasteiger partial charge < -0.3 is 14.4 Å². The maximum atomic E-state index is 12.3. The fourth-order valence-electron chi connectivity index (χ4n) is 4.51. The van der Waals surface area contributed by atoms with E-state index in [4.69, 9.17) is 9.47 Å². The summed E-state index contributed by atoms with van der Waals surface area (Å²) < 4.78 is 10.8. The Bertz CT molecular complexity index is 634. The van der Waals surface area contributed by atoms with E-state index >= 15 is 0 Å². The summed E-state index contributed by atoms with van der Waals surface area (Å²) in [6.07, 6.45) is 4.09. The van der Waals surface area contributed by atoms with E-state index in [1.807, 2.05) is 4.90 Å². The quantitative estimate of drug-likeness (QED) is 0.782. The number of hydrogen-bond donors (Lipinski definition) is 0. The molecule has 1 aromatic rings. The summed E-state index contributed by atoms with van der Waals surface area (Å²) in [6.45, 7) is 7.38. The second-order valence-electron chi connectivity index (χ2n) is 7.94. The number of hydrogen-bond acceptors (Lipinski definition) is 4. The molecule has 1 spiro atoms. The van der Waals surface area contributed by atoms with E-state index in [2.05, 4.69) is 30.0 Å². The molecule has 0 unspecified atom stereocenters. The van der Waals surface area contributed by atoms with Crippen LogP contribution in [0.2, 0.25) is 0 Å². The van der Waals surface area contributed by atoms with Crippen molar-refractivity contribution in [1.82, 2.24) is 9.80 Å². The molecular formula is C21H32N2O3. The van der Waals surface area contributed by atoms with E-state index in [1.54, 1.807) is 14.2 Å². The van der Waals surface area contributed by atoms with Crippen molar-refractivity contribution in [3.8, 4) is 5.75 Å². The molecule has 0 N–H and O–H groups in total. The van der Waals surface area contributed by atoms with Crippen LogP contribution in [0, 0.1) is 12.3 Å². The van der Waals surface area contributed by atoms with Gasteiger partial charge in [0.25, 0.3) is 0 Å². The molecule has 0 aromatic heterocycles. The average Bonchev–Trinajstić information content (AvgIpc) is 2.64. The summed E-state index contributed by atoms with van der Waals surface area (Å²) in [6, 6.07) is 6.45. The van der Waals surface area contributed by atoms with Crippen LogP contribution in [0.4, 0.5) is 0 Å². The predicted molar refractivity (Wildman–Crippen MR) is 102 cm³/mol. The minimum absolute atomic E-state index is 0.234. The van der Waals surface area contributed by atoms with E-state index in [-0.39, 0.29) is 11.3 Å². The first-order valence-electron chi connectivity index (χ1n) is 9.68. The Morgan fingerprint density at radius 2 is 2.04 bits per heavy atom. The zero-order chi connectivity index (χ0) is 18.6. The Balaban J connectivity index is 1.68. The van der Waals surface area contributed by atoms with E-state index in [0.717, 1.165) is 38.3 Å². The SMILES string of the molecule is COCCN1C[C@]2(CCCN(Cc3ccc(C)cc3OC)C2)CCC1=O. The first kappa shape index (κ1) is 19.2. The van der Waals surface area contributed by atoms with Crippen LogP contribution in [-0.2, 0) is 16.1 Å². The molecule has 0 saturated carbocycles. The molecule has 0 bridgehead atoms. The van der Waals surface area contributed by atoms with E-state index in [0.29, 0.717) is 19.6 Å². The zero-order valence-corrected chi connectivity index (χ0v) is 16.4. The molecular weight excluding hydrogens is 328 g/mol. The van der Waals surface area contributed by atoms with Gasteiger partial charge in [-0.2, -0.15) is 0 Å². The largest absolute Gasteiger partial charge is 0.496 e. The second kappa shape index (κ2) is 8.40. The number of nitrogens with zero attached hydrogens (tertiary/aromatic N) is 2. The lowest BCUT2D eigenvalue weighted by Gasteiger charge is -2.48. The third-order valence-corrected chi connectivity index (χ3v) is 5.89. The summed E-state index contributed by atoms with van der Waals surface area (Å²) in [5.74, 6) is 1.26. The molecule has 3 rings (SSSR count). The number of amides is 1. The number of ether oxygens (including phenoxy) is 2. The molecule has 2 saturated heterocycles. The predicted octanol–water partition coefficient (Wildman–Crippen LogP) is 2.85. The van der Waals surface area contributed by atoms with Gasteiger partial charge in [0.15, 0.2) is 0 Å². The van der Waals surface area contributed by atoms with Crippen molar-refractivity contribution in [2.75, 3.05) is 47.0 Å². The van der Waals surface area contributed by atoms with Gasteiger partial charge in [-0.25, -0.2) is 0 Å². The molecule has 1 atom stereocenters. The van der Waals surface area contributed by atoms with Crippen LogP contribution >= 0.6 is 0 Å². The van der Waals surface area contributed by atoms with Gasteiger partial charge in [0.05, 0.1) is 13.7 Å². The molecule has 26 heavy (non-hydrogen) atoms. The van der Waals surface area contributed by atoms with Crippen LogP contribution in [0.1, 0.15) is 36.8 Å². The average molecular weight is 360 g/mol. The minimum Gasteiger partial charge on any atom is -0.496 e. The molecule has 1 aromatic carbocycles. The molecule has 2 aliphatic rings. The van der Waals surface area contributed by atoms with Gasteiger partial charge in [-0.05, 0) is 44.4 Å². The lowest BCUT2D eigenvalue weighted by atomic mass is 9.73. The summed E-state index contributed by atoms with van der Waals surface area (Å²) in [4.78, 5) is 16.8. The lowest BCUT2D eigenvalue weighted by molar-refractivity contribution is -0.140. The number of benzene rings is 1. The van der Waals surface area contributed by atoms with Crippen LogP contribution in [-0.4, -0.2) is 62.7 Å². The second-order valence-corrected chi connectivity index (χ2v) is 7.94. The van der Waals surface area contributed by atoms with Gasteiger partial charge in [-0.1, -0.05) is 12.1 Å². The number of carbonyl (C=O) groups is 1. The van der Waals surface area contributed by atoms with E-state index < -0.39 is 0 Å². The third kappa shape index (κ3) is 4.38. The minimum atomic E-state index is 0.234. The molecule has 5 heteroatoms. The monoisotopic (exact) mass is 360 g/mol. The van der Waals surface area contributed by atoms with Gasteiger partial charge in [0.2, 0.25) is 5.91 Å². The molecule has 144 valence electrons. The number of likely N-dealkylation sites (tertiary alicyclic amines) is 2. The van der Waals surface area contributed by atoms with Gasteiger partial charge in [0.1, 0.15) is 5.75 Å². The van der Waals surface area contributed by atoms with E-state index in [9.17, 15) is 4.79 Å². The van der Waals surface area contributed by atoms with Crippen molar-refractivity contribution in [2.45, 2.75) is 39.2 Å². The van der Waals surface area contributed by atoms with Crippen molar-refractivity contribution in [1.29, 1.82) is 0 Å². The smallest absolute Gasteiger partial charge is 0.222 e. The Morgan fingerprint density at radius 3 is 2.81 bits per heavy atom. The Labute approximate surface area is 157 Å². The summed E-state index contributed by atoms with van der Waals surface area (Å²) in [5, 5.41) is 0. The van der Waals surface area contributed by atoms with Crippen molar-refractivity contribution < 1.29 is 14.3 Å². The number of carbonyl (C=O) groups excluding carboxylic acids is 1. The Morgan fingerprint density at radius 1 is 1.19 bits per heavy atom. The number of rotatable bonds is 6. The third-order valence-electron chi connectivity index (χ3n) is 5.89. The Hall–Kier alpha value is -1.59. The van der Waals surface area contributed by atoms with Crippen LogP contribution in [0.5, 0.6) is 5.75 Å². The van der Waals surface area contributed by atoms with Crippen molar-refractivity contribution >= 4 is 5.91 Å². The Kier molecular flexibility index (Phi) is 6.20. The molecule has 0 radical (unpaired) electrons. The van der Waals surface area contributed by atoms with Crippen molar-refractivity contribution in [2.24, 2.45) is 5.41 Å². The highest BCUT2D eigenvalue weighted by atomic mass is 16.5. The molecule has 1 amide bonds. The number of aryl methyl sites for hydroxylation is 1. The highest BCUT2D eigenvalue weighted by Gasteiger charge is 2.41. The maximum Gasteiger partial charge on any atom is 0.222 e. The molecule has 2 aliphatic heterocycles.